The zero-order valence-electron chi connectivity index (χ0n) is 11.0. The molecule has 19 heavy (non-hydrogen) atoms. The number of H-pyrrole nitrogens is 1. The van der Waals surface area contributed by atoms with Crippen molar-refractivity contribution in [3.63, 3.8) is 0 Å². The number of ether oxygens (including phenoxy) is 1. The van der Waals surface area contributed by atoms with Gasteiger partial charge < -0.3 is 9.72 Å². The van der Waals surface area contributed by atoms with Crippen LogP contribution in [0.1, 0.15) is 25.3 Å². The number of methoxy groups -OCH3 is 1. The largest absolute Gasteiger partial charge is 0.496 e. The molecule has 100 valence electrons. The molecule has 4 nitrogen and oxygen atoms in total. The topological polar surface area (TPSA) is 55.0 Å². The van der Waals surface area contributed by atoms with E-state index >= 15 is 0 Å². The zero-order valence-corrected chi connectivity index (χ0v) is 11.8. The molecule has 0 amide bonds. The Morgan fingerprint density at radius 1 is 1.37 bits per heavy atom. The van der Waals surface area contributed by atoms with Gasteiger partial charge in [0.05, 0.1) is 19.1 Å². The van der Waals surface area contributed by atoms with Crippen LogP contribution in [0.15, 0.2) is 29.3 Å². The van der Waals surface area contributed by atoms with Crippen molar-refractivity contribution in [3.05, 3.63) is 45.5 Å². The molecular weight excluding hydrogens is 264 g/mol. The molecule has 5 heteroatoms. The van der Waals surface area contributed by atoms with Gasteiger partial charge in [0.2, 0.25) is 0 Å². The molecule has 0 fully saturated rings. The van der Waals surface area contributed by atoms with E-state index in [-0.39, 0.29) is 11.5 Å². The molecule has 1 aromatic carbocycles. The monoisotopic (exact) mass is 278 g/mol. The second-order valence-electron chi connectivity index (χ2n) is 4.49. The molecule has 0 saturated heterocycles. The Hall–Kier alpha value is -1.81. The van der Waals surface area contributed by atoms with Gasteiger partial charge in [0.1, 0.15) is 5.75 Å². The van der Waals surface area contributed by atoms with Crippen LogP contribution >= 0.6 is 11.6 Å². The number of halogens is 1. The molecule has 1 aromatic heterocycles. The zero-order chi connectivity index (χ0) is 14.0. The van der Waals surface area contributed by atoms with E-state index in [2.05, 4.69) is 9.97 Å². The summed E-state index contributed by atoms with van der Waals surface area (Å²) in [6.45, 7) is 3.90. The number of benzene rings is 1. The molecule has 0 radical (unpaired) electrons. The molecule has 2 aromatic rings. The minimum absolute atomic E-state index is 0.0520. The maximum atomic E-state index is 12.0. The highest BCUT2D eigenvalue weighted by Crippen LogP contribution is 2.34. The van der Waals surface area contributed by atoms with Crippen molar-refractivity contribution in [1.29, 1.82) is 0 Å². The van der Waals surface area contributed by atoms with E-state index in [0.29, 0.717) is 22.0 Å². The number of aromatic amines is 1. The third-order valence-electron chi connectivity index (χ3n) is 2.88. The van der Waals surface area contributed by atoms with Crippen molar-refractivity contribution in [1.82, 2.24) is 9.97 Å². The highest BCUT2D eigenvalue weighted by Gasteiger charge is 2.17. The average molecular weight is 279 g/mol. The van der Waals surface area contributed by atoms with Crippen molar-refractivity contribution in [2.75, 3.05) is 7.11 Å². The smallest absolute Gasteiger partial charge is 0.254 e. The molecular formula is C14H15ClN2O2. The molecule has 0 aliphatic rings. The first kappa shape index (κ1) is 13.6. The molecule has 1 N–H and O–H groups in total. The average Bonchev–Trinajstić information content (AvgIpc) is 2.37. The number of nitrogens with one attached hydrogen (secondary N) is 1. The second kappa shape index (κ2) is 5.45. The summed E-state index contributed by atoms with van der Waals surface area (Å²) in [4.78, 5) is 18.9. The van der Waals surface area contributed by atoms with E-state index in [0.717, 1.165) is 5.56 Å². The molecule has 0 spiro atoms. The van der Waals surface area contributed by atoms with Gasteiger partial charge in [-0.05, 0) is 24.1 Å². The summed E-state index contributed by atoms with van der Waals surface area (Å²) in [6, 6.07) is 5.27. The molecule has 2 rings (SSSR count). The van der Waals surface area contributed by atoms with E-state index in [1.165, 1.54) is 6.33 Å². The predicted octanol–water partition coefficient (Wildman–Crippen LogP) is 3.22. The van der Waals surface area contributed by atoms with Crippen LogP contribution in [0.25, 0.3) is 11.3 Å². The molecule has 0 bridgehead atoms. The van der Waals surface area contributed by atoms with Crippen molar-refractivity contribution >= 4 is 11.6 Å². The Morgan fingerprint density at radius 3 is 2.74 bits per heavy atom. The third-order valence-corrected chi connectivity index (χ3v) is 3.12. The van der Waals surface area contributed by atoms with Gasteiger partial charge in [0, 0.05) is 16.1 Å². The molecule has 0 aliphatic carbocycles. The number of hydrogen-bond donors (Lipinski definition) is 1. The minimum atomic E-state index is -0.137. The van der Waals surface area contributed by atoms with Gasteiger partial charge in [-0.2, -0.15) is 0 Å². The van der Waals surface area contributed by atoms with Crippen LogP contribution in [0.5, 0.6) is 5.75 Å². The normalized spacial score (nSPS) is 10.8. The van der Waals surface area contributed by atoms with Crippen LogP contribution in [-0.2, 0) is 0 Å². The summed E-state index contributed by atoms with van der Waals surface area (Å²) < 4.78 is 5.32. The Labute approximate surface area is 116 Å². The summed E-state index contributed by atoms with van der Waals surface area (Å²) in [7, 11) is 1.58. The lowest BCUT2D eigenvalue weighted by Gasteiger charge is -2.13. The van der Waals surface area contributed by atoms with Gasteiger partial charge in [-0.25, -0.2) is 4.98 Å². The second-order valence-corrected chi connectivity index (χ2v) is 4.93. The van der Waals surface area contributed by atoms with Crippen molar-refractivity contribution in [2.24, 2.45) is 0 Å². The van der Waals surface area contributed by atoms with Crippen LogP contribution in [0, 0.1) is 0 Å². The van der Waals surface area contributed by atoms with Gasteiger partial charge in [0.25, 0.3) is 5.56 Å². The minimum Gasteiger partial charge on any atom is -0.496 e. The van der Waals surface area contributed by atoms with Gasteiger partial charge in [0.15, 0.2) is 0 Å². The van der Waals surface area contributed by atoms with Gasteiger partial charge >= 0.3 is 0 Å². The molecule has 1 heterocycles. The molecule has 0 saturated carbocycles. The third kappa shape index (κ3) is 2.63. The summed E-state index contributed by atoms with van der Waals surface area (Å²) in [5.41, 5.74) is 1.83. The highest BCUT2D eigenvalue weighted by molar-refractivity contribution is 6.31. The fourth-order valence-electron chi connectivity index (χ4n) is 2.03. The summed E-state index contributed by atoms with van der Waals surface area (Å²) in [5, 5.41) is 0.576. The van der Waals surface area contributed by atoms with Gasteiger partial charge in [-0.1, -0.05) is 25.4 Å². The Kier molecular flexibility index (Phi) is 3.90. The SMILES string of the molecule is COc1ccc(Cl)cc1-c1nc[nH]c(=O)c1C(C)C. The first-order valence-corrected chi connectivity index (χ1v) is 6.34. The van der Waals surface area contributed by atoms with E-state index in [4.69, 9.17) is 16.3 Å². The van der Waals surface area contributed by atoms with Gasteiger partial charge in [-0.3, -0.25) is 4.79 Å². The van der Waals surface area contributed by atoms with E-state index in [9.17, 15) is 4.79 Å². The van der Waals surface area contributed by atoms with Crippen molar-refractivity contribution < 1.29 is 4.74 Å². The first-order valence-electron chi connectivity index (χ1n) is 5.96. The van der Waals surface area contributed by atoms with Gasteiger partial charge in [-0.15, -0.1) is 0 Å². The van der Waals surface area contributed by atoms with Crippen LogP contribution < -0.4 is 10.3 Å². The summed E-state index contributed by atoms with van der Waals surface area (Å²) in [6.07, 6.45) is 1.39. The lowest BCUT2D eigenvalue weighted by molar-refractivity contribution is 0.416. The molecule has 0 unspecified atom stereocenters. The van der Waals surface area contributed by atoms with E-state index in [1.807, 2.05) is 13.8 Å². The Balaban J connectivity index is 2.75. The Morgan fingerprint density at radius 2 is 2.11 bits per heavy atom. The summed E-state index contributed by atoms with van der Waals surface area (Å²) >= 11 is 6.03. The fourth-order valence-corrected chi connectivity index (χ4v) is 2.20. The van der Waals surface area contributed by atoms with Crippen molar-refractivity contribution in [2.45, 2.75) is 19.8 Å². The quantitative estimate of drug-likeness (QED) is 0.938. The highest BCUT2D eigenvalue weighted by atomic mass is 35.5. The number of rotatable bonds is 3. The standard InChI is InChI=1S/C14H15ClN2O2/c1-8(2)12-13(16-7-17-14(12)18)10-6-9(15)4-5-11(10)19-3/h4-8H,1-3H3,(H,16,17,18). The first-order chi connectivity index (χ1) is 9.04. The maximum absolute atomic E-state index is 12.0. The fraction of sp³-hybridized carbons (Fsp3) is 0.286. The van der Waals surface area contributed by atoms with E-state index in [1.54, 1.807) is 25.3 Å². The predicted molar refractivity (Wildman–Crippen MR) is 75.9 cm³/mol. The lowest BCUT2D eigenvalue weighted by Crippen LogP contribution is -2.16. The van der Waals surface area contributed by atoms with Crippen LogP contribution in [0.4, 0.5) is 0 Å². The molecule has 0 aliphatic heterocycles. The van der Waals surface area contributed by atoms with Crippen molar-refractivity contribution in [3.8, 4) is 17.0 Å². The Bertz CT molecular complexity index is 650. The summed E-state index contributed by atoms with van der Waals surface area (Å²) in [5.74, 6) is 0.695. The molecule has 0 atom stereocenters. The van der Waals surface area contributed by atoms with Crippen LogP contribution in [0.2, 0.25) is 5.02 Å². The number of aromatic nitrogens is 2. The van der Waals surface area contributed by atoms with Crippen LogP contribution in [-0.4, -0.2) is 17.1 Å². The number of nitrogens with zero attached hydrogens (tertiary/aromatic N) is 1. The lowest BCUT2D eigenvalue weighted by atomic mass is 9.98. The maximum Gasteiger partial charge on any atom is 0.254 e. The van der Waals surface area contributed by atoms with E-state index < -0.39 is 0 Å². The van der Waals surface area contributed by atoms with Crippen LogP contribution in [0.3, 0.4) is 0 Å². The number of hydrogen-bond acceptors (Lipinski definition) is 3.